The lowest BCUT2D eigenvalue weighted by atomic mass is 10.2. The molecular weight excluding hydrogens is 416 g/mol. The Morgan fingerprint density at radius 2 is 2.14 bits per heavy atom. The zero-order valence-corrected chi connectivity index (χ0v) is 18.1. The van der Waals surface area contributed by atoms with Gasteiger partial charge in [0, 0.05) is 37.8 Å². The highest BCUT2D eigenvalue weighted by Gasteiger charge is 2.22. The Kier molecular flexibility index (Phi) is 7.45. The van der Waals surface area contributed by atoms with Crippen molar-refractivity contribution >= 4 is 39.7 Å². The third-order valence-corrected chi connectivity index (χ3v) is 5.88. The fourth-order valence-electron chi connectivity index (χ4n) is 3.03. The summed E-state index contributed by atoms with van der Waals surface area (Å²) in [5, 5.41) is 10.3. The highest BCUT2D eigenvalue weighted by atomic mass is 35.5. The summed E-state index contributed by atoms with van der Waals surface area (Å²) in [5.74, 6) is 0.0945. The maximum absolute atomic E-state index is 12.4. The van der Waals surface area contributed by atoms with Gasteiger partial charge in [-0.3, -0.25) is 9.59 Å². The van der Waals surface area contributed by atoms with Gasteiger partial charge in [0.25, 0.3) is 5.56 Å². The van der Waals surface area contributed by atoms with E-state index in [-0.39, 0.29) is 17.5 Å². The summed E-state index contributed by atoms with van der Waals surface area (Å²) in [4.78, 5) is 32.3. The van der Waals surface area contributed by atoms with Crippen LogP contribution in [0, 0.1) is 6.92 Å². The van der Waals surface area contributed by atoms with Crippen molar-refractivity contribution in [3.8, 4) is 0 Å². The number of halogens is 1. The number of thiazole rings is 1. The summed E-state index contributed by atoms with van der Waals surface area (Å²) in [6, 6.07) is -0.0129. The molecule has 1 aliphatic rings. The van der Waals surface area contributed by atoms with Crippen LogP contribution in [0.2, 0.25) is 4.34 Å². The third kappa shape index (κ3) is 5.91. The van der Waals surface area contributed by atoms with Crippen LogP contribution in [0.3, 0.4) is 0 Å². The smallest absolute Gasteiger partial charge is 0.269 e. The quantitative estimate of drug-likeness (QED) is 0.602. The van der Waals surface area contributed by atoms with Gasteiger partial charge in [-0.15, -0.1) is 0 Å². The molecule has 0 saturated carbocycles. The molecule has 1 fully saturated rings. The molecule has 0 radical (unpaired) electrons. The Balaban J connectivity index is 1.34. The highest BCUT2D eigenvalue weighted by molar-refractivity contribution is 7.19. The average molecular weight is 441 g/mol. The van der Waals surface area contributed by atoms with Crippen LogP contribution in [0.5, 0.6) is 0 Å². The molecule has 1 saturated heterocycles. The Labute approximate surface area is 178 Å². The second kappa shape index (κ2) is 10.0. The molecule has 3 rings (SSSR count). The topological polar surface area (TPSA) is 103 Å². The summed E-state index contributed by atoms with van der Waals surface area (Å²) >= 11 is 7.39. The number of rotatable bonds is 8. The maximum Gasteiger partial charge on any atom is 0.269 e. The van der Waals surface area contributed by atoms with E-state index in [4.69, 9.17) is 16.3 Å². The van der Waals surface area contributed by atoms with Gasteiger partial charge >= 0.3 is 0 Å². The lowest BCUT2D eigenvalue weighted by Gasteiger charge is -2.34. The number of piperazine rings is 1. The first-order chi connectivity index (χ1) is 13.9. The zero-order chi connectivity index (χ0) is 20.8. The molecule has 0 bridgehead atoms. The molecule has 2 aromatic rings. The summed E-state index contributed by atoms with van der Waals surface area (Å²) in [6.07, 6.45) is 3.58. The van der Waals surface area contributed by atoms with Crippen molar-refractivity contribution in [3.63, 3.8) is 0 Å². The van der Waals surface area contributed by atoms with E-state index in [9.17, 15) is 9.59 Å². The molecular formula is C18H25ClN6O3S. The van der Waals surface area contributed by atoms with Gasteiger partial charge in [-0.1, -0.05) is 22.9 Å². The van der Waals surface area contributed by atoms with E-state index in [0.29, 0.717) is 48.3 Å². The van der Waals surface area contributed by atoms with Crippen molar-refractivity contribution in [3.05, 3.63) is 32.6 Å². The van der Waals surface area contributed by atoms with Crippen molar-refractivity contribution < 1.29 is 9.53 Å². The molecule has 2 N–H and O–H groups in total. The van der Waals surface area contributed by atoms with E-state index < -0.39 is 0 Å². The second-order valence-corrected chi connectivity index (χ2v) is 8.56. The van der Waals surface area contributed by atoms with Crippen LogP contribution in [0.4, 0.5) is 10.8 Å². The number of H-pyrrole nitrogens is 1. The molecule has 0 unspecified atom stereocenters. The highest BCUT2D eigenvalue weighted by Crippen LogP contribution is 2.26. The van der Waals surface area contributed by atoms with E-state index in [1.807, 2.05) is 11.8 Å². The average Bonchev–Trinajstić information content (AvgIpc) is 3.15. The van der Waals surface area contributed by atoms with Gasteiger partial charge in [-0.05, 0) is 13.8 Å². The minimum absolute atomic E-state index is 0.0129. The number of nitrogens with one attached hydrogen (secondary N) is 2. The van der Waals surface area contributed by atoms with Crippen LogP contribution < -0.4 is 15.8 Å². The van der Waals surface area contributed by atoms with Gasteiger partial charge in [-0.25, -0.2) is 10.1 Å². The number of nitrogens with zero attached hydrogens (tertiary/aromatic N) is 4. The van der Waals surface area contributed by atoms with E-state index in [1.165, 1.54) is 11.3 Å². The van der Waals surface area contributed by atoms with Crippen molar-refractivity contribution in [2.75, 3.05) is 49.6 Å². The Morgan fingerprint density at radius 1 is 1.38 bits per heavy atom. The van der Waals surface area contributed by atoms with Crippen molar-refractivity contribution in [2.45, 2.75) is 26.3 Å². The molecule has 1 amide bonds. The van der Waals surface area contributed by atoms with E-state index in [1.54, 1.807) is 19.3 Å². The molecule has 1 aliphatic heterocycles. The largest absolute Gasteiger partial charge is 0.379 e. The van der Waals surface area contributed by atoms with Gasteiger partial charge < -0.3 is 19.9 Å². The lowest BCUT2D eigenvalue weighted by Crippen LogP contribution is -2.49. The molecule has 11 heteroatoms. The second-order valence-electron chi connectivity index (χ2n) is 6.92. The Morgan fingerprint density at radius 3 is 2.83 bits per heavy atom. The van der Waals surface area contributed by atoms with Gasteiger partial charge in [-0.2, -0.15) is 5.10 Å². The predicted molar refractivity (Wildman–Crippen MR) is 114 cm³/mol. The summed E-state index contributed by atoms with van der Waals surface area (Å²) in [7, 11) is 0. The maximum atomic E-state index is 12.4. The summed E-state index contributed by atoms with van der Waals surface area (Å²) in [5.41, 5.74) is 1.05. The van der Waals surface area contributed by atoms with Crippen LogP contribution in [0.15, 0.2) is 17.2 Å². The predicted octanol–water partition coefficient (Wildman–Crippen LogP) is 1.74. The number of carbonyl (C=O) groups excluding carboxylic acids is 1. The Hall–Kier alpha value is -2.17. The van der Waals surface area contributed by atoms with Crippen LogP contribution in [0.1, 0.15) is 18.9 Å². The first-order valence-corrected chi connectivity index (χ1v) is 10.7. The van der Waals surface area contributed by atoms with Crippen molar-refractivity contribution in [1.82, 2.24) is 20.1 Å². The summed E-state index contributed by atoms with van der Waals surface area (Å²) in [6.45, 7) is 7.32. The number of hydrogen-bond donors (Lipinski definition) is 2. The van der Waals surface area contributed by atoms with Gasteiger partial charge in [0.2, 0.25) is 5.91 Å². The molecule has 2 aromatic heterocycles. The first kappa shape index (κ1) is 21.5. The lowest BCUT2D eigenvalue weighted by molar-refractivity contribution is -0.132. The number of anilines is 2. The van der Waals surface area contributed by atoms with E-state index in [0.717, 1.165) is 18.2 Å². The van der Waals surface area contributed by atoms with Gasteiger partial charge in [0.05, 0.1) is 37.7 Å². The minimum Gasteiger partial charge on any atom is -0.379 e. The fraction of sp³-hybridized carbons (Fsp3) is 0.556. The number of hydrogen-bond acceptors (Lipinski definition) is 8. The van der Waals surface area contributed by atoms with E-state index in [2.05, 4.69) is 25.4 Å². The summed E-state index contributed by atoms with van der Waals surface area (Å²) < 4.78 is 6.31. The number of ether oxygens (including phenoxy) is 1. The zero-order valence-electron chi connectivity index (χ0n) is 16.5. The standard InChI is InChI=1S/C18H25ClN6O3S/c1-12(22-14-9-21-23-17(27)13(14)2)11-28-8-3-16(26)24-4-6-25(7-5-24)18-20-10-15(19)29-18/h9-10,12H,3-8,11H2,1-2H3,(H2,22,23,27)/t12-/m0/s1. The van der Waals surface area contributed by atoms with Gasteiger partial charge in [0.15, 0.2) is 5.13 Å². The van der Waals surface area contributed by atoms with Gasteiger partial charge in [0.1, 0.15) is 4.34 Å². The molecule has 0 aromatic carbocycles. The molecule has 158 valence electrons. The Bertz CT molecular complexity index is 880. The number of amides is 1. The van der Waals surface area contributed by atoms with Crippen molar-refractivity contribution in [1.29, 1.82) is 0 Å². The molecule has 29 heavy (non-hydrogen) atoms. The van der Waals surface area contributed by atoms with Crippen LogP contribution >= 0.6 is 22.9 Å². The van der Waals surface area contributed by atoms with Crippen LogP contribution in [-0.4, -0.2) is 71.4 Å². The molecule has 1 atom stereocenters. The van der Waals surface area contributed by atoms with Crippen molar-refractivity contribution in [2.24, 2.45) is 0 Å². The number of aromatic nitrogens is 3. The molecule has 3 heterocycles. The minimum atomic E-state index is -0.216. The number of carbonyl (C=O) groups is 1. The molecule has 9 nitrogen and oxygen atoms in total. The normalized spacial score (nSPS) is 15.4. The van der Waals surface area contributed by atoms with E-state index >= 15 is 0 Å². The number of aromatic amines is 1. The molecule has 0 aliphatic carbocycles. The van der Waals surface area contributed by atoms with Crippen LogP contribution in [-0.2, 0) is 9.53 Å². The third-order valence-electron chi connectivity index (χ3n) is 4.70. The monoisotopic (exact) mass is 440 g/mol. The van der Waals surface area contributed by atoms with Crippen LogP contribution in [0.25, 0.3) is 0 Å². The SMILES string of the molecule is Cc1c(N[C@@H](C)COCCC(=O)N2CCN(c3ncc(Cl)s3)CC2)cn[nH]c1=O. The fourth-order valence-corrected chi connectivity index (χ4v) is 3.98. The molecule has 0 spiro atoms. The first-order valence-electron chi connectivity index (χ1n) is 9.46.